The molecule has 7 heteroatoms. The van der Waals surface area contributed by atoms with E-state index >= 15 is 0 Å². The Hall–Kier alpha value is -1.59. The van der Waals surface area contributed by atoms with Crippen LogP contribution in [0.25, 0.3) is 0 Å². The highest BCUT2D eigenvalue weighted by Gasteiger charge is 2.70. The fourth-order valence-corrected chi connectivity index (χ4v) is 7.51. The normalized spacial score (nSPS) is 41.8. The van der Waals surface area contributed by atoms with E-state index in [9.17, 15) is 4.79 Å². The van der Waals surface area contributed by atoms with E-state index in [0.717, 1.165) is 6.54 Å². The Kier molecular flexibility index (Phi) is 3.68. The smallest absolute Gasteiger partial charge is 0.324 e. The first-order chi connectivity index (χ1) is 13.7. The molecule has 1 saturated carbocycles. The Morgan fingerprint density at radius 1 is 1.29 bits per heavy atom. The molecule has 0 aromatic heterocycles. The van der Waals surface area contributed by atoms with Crippen LogP contribution in [0.3, 0.4) is 0 Å². The van der Waals surface area contributed by atoms with Crippen LogP contribution in [0.2, 0.25) is 0 Å². The number of benzene rings is 1. The molecule has 6 aliphatic rings. The lowest BCUT2D eigenvalue weighted by Crippen LogP contribution is -2.69. The van der Waals surface area contributed by atoms with E-state index in [1.54, 1.807) is 5.57 Å². The number of hydrogen-bond acceptors (Lipinski definition) is 4. The molecule has 6 atom stereocenters. The first-order valence-electron chi connectivity index (χ1n) is 10.1. The van der Waals surface area contributed by atoms with Gasteiger partial charge in [0.15, 0.2) is 0 Å². The Balaban J connectivity index is 0.000000491. The lowest BCUT2D eigenvalue weighted by atomic mass is 9.53. The summed E-state index contributed by atoms with van der Waals surface area (Å²) in [5.41, 5.74) is 4.35. The molecule has 146 valence electrons. The highest BCUT2D eigenvalue weighted by Crippen LogP contribution is 2.65. The van der Waals surface area contributed by atoms with Crippen LogP contribution in [0.4, 0.5) is 5.69 Å². The summed E-state index contributed by atoms with van der Waals surface area (Å²) in [6.07, 6.45) is 5.43. The minimum absolute atomic E-state index is 0.104. The van der Waals surface area contributed by atoms with Crippen molar-refractivity contribution in [3.8, 4) is 0 Å². The Bertz CT molecular complexity index is 904. The number of fused-ring (bicyclic) bond motifs is 2. The monoisotopic (exact) mass is 398 g/mol. The molecule has 6 nitrogen and oxygen atoms in total. The van der Waals surface area contributed by atoms with E-state index in [2.05, 4.69) is 40.1 Å². The molecule has 28 heavy (non-hydrogen) atoms. The van der Waals surface area contributed by atoms with Crippen molar-refractivity contribution in [2.24, 2.45) is 11.8 Å². The molecule has 1 aromatic rings. The van der Waals surface area contributed by atoms with Crippen molar-refractivity contribution in [2.75, 3.05) is 24.6 Å². The Morgan fingerprint density at radius 2 is 2.11 bits per heavy atom. The molecular weight excluding hydrogens is 375 g/mol. The third kappa shape index (κ3) is 1.92. The molecule has 0 unspecified atom stereocenters. The van der Waals surface area contributed by atoms with Crippen molar-refractivity contribution in [3.05, 3.63) is 41.5 Å². The van der Waals surface area contributed by atoms with Gasteiger partial charge in [0.1, 0.15) is 0 Å². The van der Waals surface area contributed by atoms with Crippen molar-refractivity contribution in [1.82, 2.24) is 4.90 Å². The quantitative estimate of drug-likeness (QED) is 0.536. The van der Waals surface area contributed by atoms with Crippen molar-refractivity contribution < 1.29 is 19.0 Å². The zero-order chi connectivity index (χ0) is 19.0. The van der Waals surface area contributed by atoms with Crippen LogP contribution in [-0.4, -0.2) is 53.6 Å². The minimum Gasteiger partial charge on any atom is -0.373 e. The third-order valence-electron chi connectivity index (χ3n) is 8.22. The Morgan fingerprint density at radius 3 is 2.96 bits per heavy atom. The third-order valence-corrected chi connectivity index (χ3v) is 8.22. The predicted molar refractivity (Wildman–Crippen MR) is 103 cm³/mol. The fourth-order valence-electron chi connectivity index (χ4n) is 7.51. The van der Waals surface area contributed by atoms with Crippen LogP contribution in [-0.2, 0) is 19.5 Å². The average Bonchev–Trinajstić information content (AvgIpc) is 3.17. The number of rotatable bonds is 0. The molecule has 1 N–H and O–H groups in total. The molecular formula is C21H23N2O4P. The van der Waals surface area contributed by atoms with Crippen molar-refractivity contribution in [3.63, 3.8) is 0 Å². The molecule has 1 amide bonds. The molecule has 5 heterocycles. The molecule has 4 fully saturated rings. The second-order valence-corrected chi connectivity index (χ2v) is 9.02. The van der Waals surface area contributed by atoms with E-state index in [1.165, 1.54) is 30.6 Å². The summed E-state index contributed by atoms with van der Waals surface area (Å²) in [7, 11) is -0.833. The van der Waals surface area contributed by atoms with Gasteiger partial charge in [-0.05, 0) is 36.9 Å². The number of nitrogens with zero attached hydrogens (tertiary/aromatic N) is 2. The highest BCUT2D eigenvalue weighted by atomic mass is 31.1. The lowest BCUT2D eigenvalue weighted by Gasteiger charge is -2.58. The molecule has 1 aliphatic carbocycles. The molecule has 5 aliphatic heterocycles. The number of ether oxygens (including phenoxy) is 1. The second-order valence-electron chi connectivity index (χ2n) is 8.86. The molecule has 3 saturated heterocycles. The standard InChI is InChI=1S/C21H22N2O2.HO2P/c24-18-10-16-19-13-9-17-21(6-7-22(17)11-12(13)5-8-25-16)14-3-1-2-4-15(14)23(18)20(19)21;1-3-2/h1-5,13,16-17,19-20H,6-11H2;(H,1,2)/t13-,16-,17-,19-,20-,21+;/m0./s1. The van der Waals surface area contributed by atoms with Crippen LogP contribution in [0, 0.1) is 11.8 Å². The molecule has 0 radical (unpaired) electrons. The zero-order valence-corrected chi connectivity index (χ0v) is 16.4. The van der Waals surface area contributed by atoms with E-state index in [0.29, 0.717) is 36.9 Å². The maximum atomic E-state index is 13.2. The number of hydrogen-bond donors (Lipinski definition) is 1. The van der Waals surface area contributed by atoms with Gasteiger partial charge in [0, 0.05) is 29.6 Å². The van der Waals surface area contributed by atoms with Gasteiger partial charge in [-0.2, -0.15) is 0 Å². The summed E-state index contributed by atoms with van der Waals surface area (Å²) in [5, 5.41) is 0. The van der Waals surface area contributed by atoms with E-state index in [-0.39, 0.29) is 17.4 Å². The lowest BCUT2D eigenvalue weighted by molar-refractivity contribution is -0.132. The first-order valence-corrected chi connectivity index (χ1v) is 10.9. The van der Waals surface area contributed by atoms with Gasteiger partial charge >= 0.3 is 8.69 Å². The van der Waals surface area contributed by atoms with E-state index in [1.807, 2.05) is 0 Å². The molecule has 2 bridgehead atoms. The topological polar surface area (TPSA) is 70.1 Å². The molecule has 7 rings (SSSR count). The van der Waals surface area contributed by atoms with Gasteiger partial charge in [-0.3, -0.25) is 9.69 Å². The number of para-hydroxylation sites is 1. The maximum Gasteiger partial charge on any atom is 0.324 e. The summed E-state index contributed by atoms with van der Waals surface area (Å²) < 4.78 is 14.7. The van der Waals surface area contributed by atoms with Crippen molar-refractivity contribution >= 4 is 20.3 Å². The largest absolute Gasteiger partial charge is 0.373 e. The number of carbonyl (C=O) groups is 1. The minimum atomic E-state index is -0.833. The van der Waals surface area contributed by atoms with Gasteiger partial charge < -0.3 is 14.5 Å². The van der Waals surface area contributed by atoms with E-state index in [4.69, 9.17) is 14.2 Å². The number of anilines is 1. The van der Waals surface area contributed by atoms with Crippen molar-refractivity contribution in [2.45, 2.75) is 42.9 Å². The fraction of sp³-hybridized carbons (Fsp3) is 0.571. The van der Waals surface area contributed by atoms with Crippen LogP contribution in [0.1, 0.15) is 24.8 Å². The van der Waals surface area contributed by atoms with Gasteiger partial charge in [-0.15, -0.1) is 0 Å². The summed E-state index contributed by atoms with van der Waals surface area (Å²) in [5.74, 6) is 1.35. The summed E-state index contributed by atoms with van der Waals surface area (Å²) in [4.78, 5) is 25.1. The second kappa shape index (κ2) is 5.96. The Labute approximate surface area is 165 Å². The number of piperidine rings is 2. The first kappa shape index (κ1) is 17.3. The zero-order valence-electron chi connectivity index (χ0n) is 15.5. The average molecular weight is 398 g/mol. The highest BCUT2D eigenvalue weighted by molar-refractivity contribution is 7.16. The predicted octanol–water partition coefficient (Wildman–Crippen LogP) is 2.28. The van der Waals surface area contributed by atoms with Gasteiger partial charge in [0.2, 0.25) is 5.91 Å². The van der Waals surface area contributed by atoms with E-state index < -0.39 is 8.69 Å². The van der Waals surface area contributed by atoms with Crippen LogP contribution in [0.15, 0.2) is 35.9 Å². The van der Waals surface area contributed by atoms with Crippen LogP contribution in [0.5, 0.6) is 0 Å². The maximum absolute atomic E-state index is 13.2. The molecule has 1 aromatic carbocycles. The number of amides is 1. The van der Waals surface area contributed by atoms with Gasteiger partial charge in [0.05, 0.1) is 25.2 Å². The summed E-state index contributed by atoms with van der Waals surface area (Å²) in [6, 6.07) is 9.64. The van der Waals surface area contributed by atoms with Gasteiger partial charge in [-0.1, -0.05) is 29.8 Å². The van der Waals surface area contributed by atoms with Gasteiger partial charge in [-0.25, -0.2) is 4.57 Å². The molecule has 1 spiro atoms. The SMILES string of the molecule is O=C1C[C@@H]2OCC=C3CN4CC[C@]56c7ccccc7N1[C@H]5[C@H]2[C@H]3C[C@H]46.O=PO. The van der Waals surface area contributed by atoms with Crippen LogP contribution >= 0.6 is 8.69 Å². The summed E-state index contributed by atoms with van der Waals surface area (Å²) >= 11 is 0. The van der Waals surface area contributed by atoms with Gasteiger partial charge in [0.25, 0.3) is 0 Å². The van der Waals surface area contributed by atoms with Crippen LogP contribution < -0.4 is 4.90 Å². The van der Waals surface area contributed by atoms with Crippen molar-refractivity contribution in [1.29, 1.82) is 0 Å². The summed E-state index contributed by atoms with van der Waals surface area (Å²) in [6.45, 7) is 2.97. The number of carbonyl (C=O) groups excluding carboxylic acids is 1.